The van der Waals surface area contributed by atoms with Crippen molar-refractivity contribution in [2.75, 3.05) is 6.61 Å². The number of carboxylic acid groups (broad SMARTS) is 1. The van der Waals surface area contributed by atoms with Crippen LogP contribution in [0.1, 0.15) is 12.8 Å². The summed E-state index contributed by atoms with van der Waals surface area (Å²) in [6.45, 7) is -0.219. The molecule has 0 aromatic rings. The molecule has 11 heavy (non-hydrogen) atoms. The minimum Gasteiger partial charge on any atom is -0.465 e. The summed E-state index contributed by atoms with van der Waals surface area (Å²) in [5.41, 5.74) is 0. The summed E-state index contributed by atoms with van der Waals surface area (Å²) in [5.74, 6) is 0. The van der Waals surface area contributed by atoms with Gasteiger partial charge in [-0.1, -0.05) is 0 Å². The molecule has 0 aromatic heterocycles. The highest BCUT2D eigenvalue weighted by Crippen LogP contribution is 2.21. The summed E-state index contributed by atoms with van der Waals surface area (Å²) in [4.78, 5) is 11.3. The monoisotopic (exact) mass is 161 g/mol. The van der Waals surface area contributed by atoms with Gasteiger partial charge < -0.3 is 15.3 Å². The lowest BCUT2D eigenvalue weighted by molar-refractivity contribution is 0.0134. The van der Waals surface area contributed by atoms with Crippen molar-refractivity contribution in [1.82, 2.24) is 4.90 Å². The summed E-state index contributed by atoms with van der Waals surface area (Å²) in [6, 6.07) is -0.428. The molecule has 0 saturated carbocycles. The van der Waals surface area contributed by atoms with E-state index in [-0.39, 0.29) is 6.61 Å². The third kappa shape index (κ3) is 1.44. The molecule has 0 spiro atoms. The van der Waals surface area contributed by atoms with Gasteiger partial charge in [0.05, 0.1) is 12.6 Å². The molecular formula is C6H11NO4. The molecule has 3 N–H and O–H groups in total. The molecule has 1 aliphatic heterocycles. The minimum atomic E-state index is -1.17. The summed E-state index contributed by atoms with van der Waals surface area (Å²) < 4.78 is 0. The zero-order valence-electron chi connectivity index (χ0n) is 5.97. The number of nitrogens with zero attached hydrogens (tertiary/aromatic N) is 1. The standard InChI is InChI=1S/C6H11NO4/c8-3-4-1-2-5(9)7(4)6(10)11/h4-5,8-9H,1-3H2,(H,10,11)/t4-,5?/m0/s1. The highest BCUT2D eigenvalue weighted by Gasteiger charge is 2.34. The predicted molar refractivity (Wildman–Crippen MR) is 36.0 cm³/mol. The Balaban J connectivity index is 2.63. The summed E-state index contributed by atoms with van der Waals surface area (Å²) in [6.07, 6.45) is -1.17. The predicted octanol–water partition coefficient (Wildman–Crippen LogP) is -0.561. The van der Waals surface area contributed by atoms with E-state index in [1.165, 1.54) is 0 Å². The lowest BCUT2D eigenvalue weighted by Gasteiger charge is -2.22. The number of amides is 1. The van der Waals surface area contributed by atoms with Crippen molar-refractivity contribution in [1.29, 1.82) is 0 Å². The van der Waals surface area contributed by atoms with Gasteiger partial charge in [0.1, 0.15) is 6.23 Å². The van der Waals surface area contributed by atoms with E-state index in [1.54, 1.807) is 0 Å². The van der Waals surface area contributed by atoms with Crippen molar-refractivity contribution in [3.63, 3.8) is 0 Å². The van der Waals surface area contributed by atoms with Gasteiger partial charge in [-0.3, -0.25) is 4.90 Å². The molecule has 2 atom stereocenters. The lowest BCUT2D eigenvalue weighted by atomic mass is 10.2. The summed E-state index contributed by atoms with van der Waals surface area (Å²) in [7, 11) is 0. The SMILES string of the molecule is O=C(O)N1C(O)CC[C@H]1CO. The van der Waals surface area contributed by atoms with Gasteiger partial charge in [0.2, 0.25) is 0 Å². The molecule has 0 bridgehead atoms. The number of carbonyl (C=O) groups is 1. The number of aliphatic hydroxyl groups is 2. The zero-order chi connectivity index (χ0) is 8.43. The molecule has 0 aromatic carbocycles. The van der Waals surface area contributed by atoms with E-state index in [9.17, 15) is 4.79 Å². The molecule has 1 aliphatic rings. The van der Waals surface area contributed by atoms with Crippen molar-refractivity contribution in [3.8, 4) is 0 Å². The first-order valence-corrected chi connectivity index (χ1v) is 3.47. The number of hydrogen-bond donors (Lipinski definition) is 3. The van der Waals surface area contributed by atoms with E-state index in [1.807, 2.05) is 0 Å². The van der Waals surface area contributed by atoms with Gasteiger partial charge in [0, 0.05) is 0 Å². The fraction of sp³-hybridized carbons (Fsp3) is 0.833. The molecule has 5 nitrogen and oxygen atoms in total. The molecule has 5 heteroatoms. The van der Waals surface area contributed by atoms with Crippen molar-refractivity contribution >= 4 is 6.09 Å². The third-order valence-electron chi connectivity index (χ3n) is 1.90. The quantitative estimate of drug-likeness (QED) is 0.481. The van der Waals surface area contributed by atoms with Crippen molar-refractivity contribution in [2.24, 2.45) is 0 Å². The molecule has 1 fully saturated rings. The molecular weight excluding hydrogens is 150 g/mol. The highest BCUT2D eigenvalue weighted by molar-refractivity contribution is 5.66. The first-order valence-electron chi connectivity index (χ1n) is 3.47. The summed E-state index contributed by atoms with van der Waals surface area (Å²) in [5, 5.41) is 26.3. The van der Waals surface area contributed by atoms with Crippen LogP contribution in [-0.2, 0) is 0 Å². The first-order chi connectivity index (χ1) is 5.16. The molecule has 0 aliphatic carbocycles. The van der Waals surface area contributed by atoms with Gasteiger partial charge in [0.25, 0.3) is 0 Å². The first kappa shape index (κ1) is 8.29. The van der Waals surface area contributed by atoms with Gasteiger partial charge in [-0.2, -0.15) is 0 Å². The minimum absolute atomic E-state index is 0.219. The van der Waals surface area contributed by atoms with E-state index < -0.39 is 18.4 Å². The van der Waals surface area contributed by atoms with Crippen molar-refractivity contribution in [3.05, 3.63) is 0 Å². The Bertz CT molecular complexity index is 161. The van der Waals surface area contributed by atoms with Crippen molar-refractivity contribution in [2.45, 2.75) is 25.1 Å². The van der Waals surface area contributed by atoms with Crippen LogP contribution >= 0.6 is 0 Å². The second-order valence-corrected chi connectivity index (χ2v) is 2.58. The van der Waals surface area contributed by atoms with E-state index in [2.05, 4.69) is 0 Å². The van der Waals surface area contributed by atoms with Crippen LogP contribution in [0.2, 0.25) is 0 Å². The number of likely N-dealkylation sites (tertiary alicyclic amines) is 1. The van der Waals surface area contributed by atoms with Crippen LogP contribution in [0.15, 0.2) is 0 Å². The van der Waals surface area contributed by atoms with E-state index in [0.29, 0.717) is 12.8 Å². The highest BCUT2D eigenvalue weighted by atomic mass is 16.4. The fourth-order valence-electron chi connectivity index (χ4n) is 1.33. The van der Waals surface area contributed by atoms with Crippen molar-refractivity contribution < 1.29 is 20.1 Å². The Hall–Kier alpha value is -0.810. The Labute approximate surface area is 63.9 Å². The maximum Gasteiger partial charge on any atom is 0.409 e. The van der Waals surface area contributed by atoms with E-state index in [4.69, 9.17) is 15.3 Å². The maximum absolute atomic E-state index is 10.4. The fourth-order valence-corrected chi connectivity index (χ4v) is 1.33. The van der Waals surface area contributed by atoms with Crippen LogP contribution in [0.25, 0.3) is 0 Å². The molecule has 1 amide bonds. The van der Waals surface area contributed by atoms with Crippen LogP contribution in [0.4, 0.5) is 4.79 Å². The van der Waals surface area contributed by atoms with Gasteiger partial charge >= 0.3 is 6.09 Å². The van der Waals surface area contributed by atoms with Gasteiger partial charge in [0.15, 0.2) is 0 Å². The molecule has 1 heterocycles. The molecule has 1 rings (SSSR count). The molecule has 1 saturated heterocycles. The number of hydrogen-bond acceptors (Lipinski definition) is 3. The Morgan fingerprint density at radius 2 is 2.18 bits per heavy atom. The zero-order valence-corrected chi connectivity index (χ0v) is 5.97. The Morgan fingerprint density at radius 3 is 2.55 bits per heavy atom. The smallest absolute Gasteiger partial charge is 0.409 e. The maximum atomic E-state index is 10.4. The van der Waals surface area contributed by atoms with Crippen LogP contribution < -0.4 is 0 Å². The van der Waals surface area contributed by atoms with Crippen LogP contribution in [0, 0.1) is 0 Å². The Kier molecular flexibility index (Phi) is 2.31. The van der Waals surface area contributed by atoms with E-state index in [0.717, 1.165) is 4.90 Å². The Morgan fingerprint density at radius 1 is 1.55 bits per heavy atom. The lowest BCUT2D eigenvalue weighted by Crippen LogP contribution is -2.41. The second-order valence-electron chi connectivity index (χ2n) is 2.58. The average Bonchev–Trinajstić information content (AvgIpc) is 2.30. The molecule has 0 radical (unpaired) electrons. The van der Waals surface area contributed by atoms with Gasteiger partial charge in [-0.15, -0.1) is 0 Å². The van der Waals surface area contributed by atoms with Crippen LogP contribution in [0.5, 0.6) is 0 Å². The average molecular weight is 161 g/mol. The third-order valence-corrected chi connectivity index (χ3v) is 1.90. The largest absolute Gasteiger partial charge is 0.465 e. The number of aliphatic hydroxyl groups excluding tert-OH is 2. The molecule has 1 unspecified atom stereocenters. The summed E-state index contributed by atoms with van der Waals surface area (Å²) >= 11 is 0. The van der Waals surface area contributed by atoms with Crippen LogP contribution in [-0.4, -0.2) is 45.2 Å². The topological polar surface area (TPSA) is 81.0 Å². The second kappa shape index (κ2) is 3.06. The normalized spacial score (nSPS) is 30.9. The number of rotatable bonds is 1. The van der Waals surface area contributed by atoms with Gasteiger partial charge in [-0.25, -0.2) is 4.79 Å². The van der Waals surface area contributed by atoms with Crippen LogP contribution in [0.3, 0.4) is 0 Å². The van der Waals surface area contributed by atoms with Gasteiger partial charge in [-0.05, 0) is 12.8 Å². The van der Waals surface area contributed by atoms with E-state index >= 15 is 0 Å². The molecule has 64 valence electrons.